The fourth-order valence-electron chi connectivity index (χ4n) is 2.74. The van der Waals surface area contributed by atoms with Crippen molar-refractivity contribution in [1.29, 1.82) is 5.26 Å². The van der Waals surface area contributed by atoms with Crippen molar-refractivity contribution >= 4 is 16.7 Å². The van der Waals surface area contributed by atoms with Crippen molar-refractivity contribution in [2.24, 2.45) is 0 Å². The van der Waals surface area contributed by atoms with Crippen LogP contribution in [0.5, 0.6) is 11.5 Å². The maximum Gasteiger partial charge on any atom is 0.308 e. The highest BCUT2D eigenvalue weighted by Crippen LogP contribution is 2.28. The van der Waals surface area contributed by atoms with Crippen LogP contribution in [0.25, 0.3) is 10.8 Å². The third kappa shape index (κ3) is 3.64. The summed E-state index contributed by atoms with van der Waals surface area (Å²) in [6.45, 7) is 1.37. The average Bonchev–Trinajstić information content (AvgIpc) is 3.02. The van der Waals surface area contributed by atoms with Gasteiger partial charge in [-0.25, -0.2) is 0 Å². The van der Waals surface area contributed by atoms with Gasteiger partial charge >= 0.3 is 5.97 Å². The van der Waals surface area contributed by atoms with Crippen LogP contribution in [0.1, 0.15) is 23.8 Å². The second kappa shape index (κ2) is 7.10. The number of fused-ring (bicyclic) bond motifs is 1. The molecule has 1 heterocycles. The zero-order valence-corrected chi connectivity index (χ0v) is 14.0. The van der Waals surface area contributed by atoms with E-state index in [2.05, 4.69) is 6.07 Å². The van der Waals surface area contributed by atoms with Gasteiger partial charge in [0, 0.05) is 30.2 Å². The molecule has 0 saturated heterocycles. The lowest BCUT2D eigenvalue weighted by Crippen LogP contribution is -2.05. The molecule has 126 valence electrons. The van der Waals surface area contributed by atoms with Crippen LogP contribution < -0.4 is 9.47 Å². The Labute approximate surface area is 145 Å². The van der Waals surface area contributed by atoms with E-state index in [1.54, 1.807) is 31.6 Å². The molecule has 0 fully saturated rings. The van der Waals surface area contributed by atoms with E-state index in [-0.39, 0.29) is 5.97 Å². The lowest BCUT2D eigenvalue weighted by atomic mass is 10.0. The van der Waals surface area contributed by atoms with Gasteiger partial charge in [0.1, 0.15) is 17.3 Å². The summed E-state index contributed by atoms with van der Waals surface area (Å²) in [4.78, 5) is 11.3. The third-order valence-corrected chi connectivity index (χ3v) is 3.96. The highest BCUT2D eigenvalue weighted by Gasteiger charge is 2.12. The van der Waals surface area contributed by atoms with E-state index in [1.165, 1.54) is 6.92 Å². The third-order valence-electron chi connectivity index (χ3n) is 3.96. The number of esters is 1. The van der Waals surface area contributed by atoms with Crippen molar-refractivity contribution < 1.29 is 18.7 Å². The predicted octanol–water partition coefficient (Wildman–Crippen LogP) is 4.02. The Kier molecular flexibility index (Phi) is 4.71. The van der Waals surface area contributed by atoms with Crippen LogP contribution in [-0.4, -0.2) is 13.1 Å². The van der Waals surface area contributed by atoms with E-state index in [0.29, 0.717) is 29.9 Å². The lowest BCUT2D eigenvalue weighted by Gasteiger charge is -2.10. The molecule has 2 aromatic carbocycles. The number of hydrogen-bond acceptors (Lipinski definition) is 5. The Morgan fingerprint density at radius 3 is 2.76 bits per heavy atom. The first-order chi connectivity index (χ1) is 12.1. The van der Waals surface area contributed by atoms with Crippen molar-refractivity contribution in [1.82, 2.24) is 0 Å². The smallest absolute Gasteiger partial charge is 0.308 e. The van der Waals surface area contributed by atoms with E-state index < -0.39 is 0 Å². The van der Waals surface area contributed by atoms with Gasteiger partial charge in [-0.2, -0.15) is 5.26 Å². The molecule has 0 unspecified atom stereocenters. The van der Waals surface area contributed by atoms with E-state index in [9.17, 15) is 4.79 Å². The first-order valence-electron chi connectivity index (χ1n) is 7.86. The molecule has 0 aliphatic heterocycles. The fourth-order valence-corrected chi connectivity index (χ4v) is 2.74. The van der Waals surface area contributed by atoms with Crippen LogP contribution >= 0.6 is 0 Å². The van der Waals surface area contributed by atoms with Crippen LogP contribution in [-0.2, 0) is 17.6 Å². The Morgan fingerprint density at radius 2 is 2.04 bits per heavy atom. The SMILES string of the molecule is COc1ccc(CCc2occ3cc(C#N)ccc23)c(OC(C)=O)c1. The second-order valence-electron chi connectivity index (χ2n) is 5.64. The molecule has 0 amide bonds. The normalized spacial score (nSPS) is 10.4. The summed E-state index contributed by atoms with van der Waals surface area (Å²) >= 11 is 0. The number of aryl methyl sites for hydroxylation is 2. The van der Waals surface area contributed by atoms with Gasteiger partial charge in [-0.15, -0.1) is 0 Å². The number of furan rings is 1. The van der Waals surface area contributed by atoms with Gasteiger partial charge in [0.15, 0.2) is 0 Å². The van der Waals surface area contributed by atoms with Crippen molar-refractivity contribution in [3.63, 3.8) is 0 Å². The molecule has 3 aromatic rings. The number of methoxy groups -OCH3 is 1. The van der Waals surface area contributed by atoms with Crippen molar-refractivity contribution in [2.75, 3.05) is 7.11 Å². The highest BCUT2D eigenvalue weighted by molar-refractivity contribution is 5.85. The number of carbonyl (C=O) groups excluding carboxylic acids is 1. The minimum atomic E-state index is -0.373. The first kappa shape index (κ1) is 16.6. The summed E-state index contributed by atoms with van der Waals surface area (Å²) in [6.07, 6.45) is 2.96. The molecule has 5 heteroatoms. The fraction of sp³-hybridized carbons (Fsp3) is 0.200. The van der Waals surface area contributed by atoms with Crippen LogP contribution in [0.15, 0.2) is 47.1 Å². The standard InChI is InChI=1S/C20H17NO4/c1-13(22)25-20-10-17(23-2)6-4-15(20)5-8-19-18-7-3-14(11-21)9-16(18)12-24-19/h3-4,6-7,9-10,12H,5,8H2,1-2H3. The van der Waals surface area contributed by atoms with Gasteiger partial charge in [0.05, 0.1) is 25.0 Å². The number of ether oxygens (including phenoxy) is 2. The van der Waals surface area contributed by atoms with Gasteiger partial charge in [-0.1, -0.05) is 6.07 Å². The highest BCUT2D eigenvalue weighted by atomic mass is 16.5. The molecule has 0 aliphatic rings. The minimum Gasteiger partial charge on any atom is -0.497 e. The molecule has 3 rings (SSSR count). The maximum absolute atomic E-state index is 11.3. The van der Waals surface area contributed by atoms with Gasteiger partial charge in [0.25, 0.3) is 0 Å². The van der Waals surface area contributed by atoms with Crippen LogP contribution in [0.4, 0.5) is 0 Å². The number of rotatable bonds is 5. The van der Waals surface area contributed by atoms with E-state index in [4.69, 9.17) is 19.2 Å². The maximum atomic E-state index is 11.3. The Bertz CT molecular complexity index is 965. The molecular weight excluding hydrogens is 318 g/mol. The van der Waals surface area contributed by atoms with Crippen LogP contribution in [0.2, 0.25) is 0 Å². The molecule has 5 nitrogen and oxygen atoms in total. The quantitative estimate of drug-likeness (QED) is 0.520. The predicted molar refractivity (Wildman–Crippen MR) is 92.6 cm³/mol. The summed E-state index contributed by atoms with van der Waals surface area (Å²) < 4.78 is 16.1. The second-order valence-corrected chi connectivity index (χ2v) is 5.64. The van der Waals surface area contributed by atoms with E-state index in [0.717, 1.165) is 22.1 Å². The minimum absolute atomic E-state index is 0.373. The summed E-state index contributed by atoms with van der Waals surface area (Å²) in [6, 6.07) is 13.0. The number of hydrogen-bond donors (Lipinski definition) is 0. The van der Waals surface area contributed by atoms with Gasteiger partial charge in [0.2, 0.25) is 0 Å². The number of nitriles is 1. The van der Waals surface area contributed by atoms with E-state index in [1.807, 2.05) is 18.2 Å². The molecule has 1 aromatic heterocycles. The molecule has 0 radical (unpaired) electrons. The summed E-state index contributed by atoms with van der Waals surface area (Å²) in [7, 11) is 1.57. The monoisotopic (exact) mass is 335 g/mol. The van der Waals surface area contributed by atoms with Crippen molar-refractivity contribution in [3.05, 3.63) is 59.5 Å². The van der Waals surface area contributed by atoms with Crippen molar-refractivity contribution in [3.8, 4) is 17.6 Å². The molecule has 0 saturated carbocycles. The van der Waals surface area contributed by atoms with Gasteiger partial charge in [-0.3, -0.25) is 4.79 Å². The van der Waals surface area contributed by atoms with Crippen LogP contribution in [0.3, 0.4) is 0 Å². The first-order valence-corrected chi connectivity index (χ1v) is 7.86. The molecule has 25 heavy (non-hydrogen) atoms. The molecule has 0 spiro atoms. The largest absolute Gasteiger partial charge is 0.497 e. The topological polar surface area (TPSA) is 72.5 Å². The molecule has 0 N–H and O–H groups in total. The molecule has 0 atom stereocenters. The van der Waals surface area contributed by atoms with Crippen molar-refractivity contribution in [2.45, 2.75) is 19.8 Å². The number of carbonyl (C=O) groups is 1. The molecule has 0 aliphatic carbocycles. The molecular formula is C20H17NO4. The Morgan fingerprint density at radius 1 is 1.20 bits per heavy atom. The number of nitrogens with zero attached hydrogens (tertiary/aromatic N) is 1. The summed E-state index contributed by atoms with van der Waals surface area (Å²) in [5.74, 6) is 1.59. The van der Waals surface area contributed by atoms with E-state index >= 15 is 0 Å². The molecule has 0 bridgehead atoms. The van der Waals surface area contributed by atoms with Gasteiger partial charge < -0.3 is 13.9 Å². The van der Waals surface area contributed by atoms with Crippen LogP contribution in [0, 0.1) is 11.3 Å². The summed E-state index contributed by atoms with van der Waals surface area (Å²) in [5.41, 5.74) is 1.50. The lowest BCUT2D eigenvalue weighted by molar-refractivity contribution is -0.131. The zero-order valence-electron chi connectivity index (χ0n) is 14.0. The summed E-state index contributed by atoms with van der Waals surface area (Å²) in [5, 5.41) is 10.9. The average molecular weight is 335 g/mol. The zero-order chi connectivity index (χ0) is 17.8. The Balaban J connectivity index is 1.84. The Hall–Kier alpha value is -3.26. The van der Waals surface area contributed by atoms with Gasteiger partial charge in [-0.05, 0) is 36.2 Å². The number of benzene rings is 2.